The average molecular weight is 338 g/mol. The van der Waals surface area contributed by atoms with Gasteiger partial charge in [0.15, 0.2) is 0 Å². The van der Waals surface area contributed by atoms with Gasteiger partial charge in [-0.3, -0.25) is 0 Å². The molecule has 0 amide bonds. The highest BCUT2D eigenvalue weighted by molar-refractivity contribution is 5.49. The normalized spacial score (nSPS) is 12.8. The van der Waals surface area contributed by atoms with E-state index in [1.54, 1.807) is 0 Å². The van der Waals surface area contributed by atoms with Crippen LogP contribution in [-0.2, 0) is 32.8 Å². The number of hydrogen-bond donors (Lipinski definition) is 0. The first kappa shape index (κ1) is 21.1. The van der Waals surface area contributed by atoms with Crippen LogP contribution in [0.15, 0.2) is 0 Å². The van der Waals surface area contributed by atoms with E-state index in [1.807, 2.05) is 41.5 Å². The lowest BCUT2D eigenvalue weighted by Gasteiger charge is -2.23. The summed E-state index contributed by atoms with van der Waals surface area (Å²) < 4.78 is 0. The molecule has 0 fully saturated rings. The molecule has 0 heterocycles. The topological polar surface area (TPSA) is 36.9 Å². The summed E-state index contributed by atoms with van der Waals surface area (Å²) in [4.78, 5) is 21.8. The van der Waals surface area contributed by atoms with Crippen molar-refractivity contribution in [2.75, 3.05) is 0 Å². The quantitative estimate of drug-likeness (QED) is 0.513. The second kappa shape index (κ2) is 7.96. The summed E-state index contributed by atoms with van der Waals surface area (Å²) in [5.41, 5.74) is 6.57. The van der Waals surface area contributed by atoms with Crippen molar-refractivity contribution < 1.29 is 19.6 Å². The van der Waals surface area contributed by atoms with E-state index in [9.17, 15) is 0 Å². The van der Waals surface area contributed by atoms with Crippen LogP contribution in [0.25, 0.3) is 0 Å². The molecule has 0 aliphatic heterocycles. The summed E-state index contributed by atoms with van der Waals surface area (Å²) >= 11 is 0. The van der Waals surface area contributed by atoms with Gasteiger partial charge in [0, 0.05) is 0 Å². The zero-order chi connectivity index (χ0) is 18.7. The van der Waals surface area contributed by atoms with Gasteiger partial charge in [-0.2, -0.15) is 0 Å². The molecule has 0 aliphatic carbocycles. The van der Waals surface area contributed by atoms with Gasteiger partial charge in [0.25, 0.3) is 0 Å². The van der Waals surface area contributed by atoms with Crippen LogP contribution in [0.5, 0.6) is 0 Å². The van der Waals surface area contributed by atoms with Crippen molar-refractivity contribution in [3.8, 4) is 0 Å². The first-order chi connectivity index (χ1) is 10.8. The van der Waals surface area contributed by atoms with Gasteiger partial charge < -0.3 is 0 Å². The molecule has 138 valence electrons. The minimum Gasteiger partial charge on any atom is -0.231 e. The van der Waals surface area contributed by atoms with Crippen molar-refractivity contribution in [3.63, 3.8) is 0 Å². The molecule has 1 aromatic rings. The Hall–Kier alpha value is -0.940. The first-order valence-corrected chi connectivity index (χ1v) is 8.53. The number of hydrogen-bond acceptors (Lipinski definition) is 4. The van der Waals surface area contributed by atoms with Crippen LogP contribution >= 0.6 is 0 Å². The second-order valence-electron chi connectivity index (χ2n) is 8.37. The molecular weight excluding hydrogens is 304 g/mol. The van der Waals surface area contributed by atoms with E-state index in [-0.39, 0.29) is 11.2 Å². The van der Waals surface area contributed by atoms with Crippen LogP contribution in [0.2, 0.25) is 0 Å². The summed E-state index contributed by atoms with van der Waals surface area (Å²) in [7, 11) is 0. The summed E-state index contributed by atoms with van der Waals surface area (Å²) in [6, 6.07) is 0. The molecular formula is C20H34O4. The molecule has 0 bridgehead atoms. The van der Waals surface area contributed by atoms with Gasteiger partial charge >= 0.3 is 0 Å². The Bertz CT molecular complexity index is 482. The summed E-state index contributed by atoms with van der Waals surface area (Å²) in [5, 5.41) is 0. The van der Waals surface area contributed by atoms with Crippen LogP contribution < -0.4 is 0 Å². The number of rotatable bonds is 6. The molecule has 0 radical (unpaired) electrons. The van der Waals surface area contributed by atoms with E-state index in [0.717, 1.165) is 0 Å². The van der Waals surface area contributed by atoms with Crippen molar-refractivity contribution in [2.45, 2.75) is 93.7 Å². The predicted molar refractivity (Wildman–Crippen MR) is 96.6 cm³/mol. The lowest BCUT2D eigenvalue weighted by atomic mass is 9.89. The maximum absolute atomic E-state index is 5.47. The summed E-state index contributed by atoms with van der Waals surface area (Å²) in [6.45, 7) is 21.2. The minimum absolute atomic E-state index is 0.316. The molecule has 1 rings (SSSR count). The molecule has 0 saturated carbocycles. The van der Waals surface area contributed by atoms with E-state index in [0.29, 0.717) is 13.2 Å². The monoisotopic (exact) mass is 338 g/mol. The Labute approximate surface area is 147 Å². The fourth-order valence-electron chi connectivity index (χ4n) is 2.43. The van der Waals surface area contributed by atoms with Gasteiger partial charge in [-0.05, 0) is 103 Å². The molecule has 0 unspecified atom stereocenters. The summed E-state index contributed by atoms with van der Waals surface area (Å²) in [6.07, 6.45) is 0. The fourth-order valence-corrected chi connectivity index (χ4v) is 2.43. The van der Waals surface area contributed by atoms with Gasteiger partial charge in [0.2, 0.25) is 0 Å². The standard InChI is InChI=1S/C20H34O4/c1-13-14(2)18(12-22-24-20(8,9)10)16(4)15(3)17(13)11-21-23-19(5,6)7/h11-12H2,1-10H3. The van der Waals surface area contributed by atoms with Gasteiger partial charge in [-0.15, -0.1) is 0 Å². The summed E-state index contributed by atoms with van der Waals surface area (Å²) in [5.74, 6) is 0. The van der Waals surface area contributed by atoms with Crippen LogP contribution in [0.1, 0.15) is 74.9 Å². The molecule has 0 N–H and O–H groups in total. The van der Waals surface area contributed by atoms with Crippen LogP contribution in [0, 0.1) is 27.7 Å². The average Bonchev–Trinajstić information content (AvgIpc) is 2.42. The van der Waals surface area contributed by atoms with E-state index < -0.39 is 0 Å². The largest absolute Gasteiger partial charge is 0.231 e. The Morgan fingerprint density at radius 2 is 0.792 bits per heavy atom. The van der Waals surface area contributed by atoms with Crippen LogP contribution in [0.3, 0.4) is 0 Å². The van der Waals surface area contributed by atoms with Crippen molar-refractivity contribution in [1.29, 1.82) is 0 Å². The lowest BCUT2D eigenvalue weighted by molar-refractivity contribution is -0.357. The van der Waals surface area contributed by atoms with E-state index in [1.165, 1.54) is 33.4 Å². The van der Waals surface area contributed by atoms with Crippen molar-refractivity contribution in [2.24, 2.45) is 0 Å². The highest BCUT2D eigenvalue weighted by Crippen LogP contribution is 2.28. The molecule has 1 aromatic carbocycles. The van der Waals surface area contributed by atoms with Gasteiger partial charge in [0.1, 0.15) is 13.2 Å². The van der Waals surface area contributed by atoms with Gasteiger partial charge in [0.05, 0.1) is 11.2 Å². The highest BCUT2D eigenvalue weighted by atomic mass is 17.2. The Morgan fingerprint density at radius 1 is 0.542 bits per heavy atom. The van der Waals surface area contributed by atoms with Crippen molar-refractivity contribution in [1.82, 2.24) is 0 Å². The smallest absolute Gasteiger partial charge is 0.108 e. The second-order valence-corrected chi connectivity index (χ2v) is 8.37. The maximum atomic E-state index is 5.47. The molecule has 4 nitrogen and oxygen atoms in total. The maximum Gasteiger partial charge on any atom is 0.108 e. The molecule has 0 saturated heterocycles. The first-order valence-electron chi connectivity index (χ1n) is 8.53. The van der Waals surface area contributed by atoms with Gasteiger partial charge in [-0.25, -0.2) is 19.6 Å². The van der Waals surface area contributed by atoms with E-state index in [2.05, 4.69) is 27.7 Å². The highest BCUT2D eigenvalue weighted by Gasteiger charge is 2.18. The van der Waals surface area contributed by atoms with Crippen LogP contribution in [-0.4, -0.2) is 11.2 Å². The predicted octanol–water partition coefficient (Wildman–Crippen LogP) is 5.41. The Kier molecular flexibility index (Phi) is 7.00. The molecule has 0 aromatic heterocycles. The van der Waals surface area contributed by atoms with Crippen LogP contribution in [0.4, 0.5) is 0 Å². The molecule has 24 heavy (non-hydrogen) atoms. The van der Waals surface area contributed by atoms with E-state index >= 15 is 0 Å². The SMILES string of the molecule is Cc1c(C)c(COOC(C)(C)C)c(C)c(C)c1COOC(C)(C)C. The third kappa shape index (κ3) is 6.17. The minimum atomic E-state index is -0.316. The van der Waals surface area contributed by atoms with Crippen molar-refractivity contribution in [3.05, 3.63) is 33.4 Å². The molecule has 0 atom stereocenters. The third-order valence-corrected chi connectivity index (χ3v) is 3.96. The molecule has 0 spiro atoms. The Morgan fingerprint density at radius 3 is 1.00 bits per heavy atom. The number of benzene rings is 1. The lowest BCUT2D eigenvalue weighted by Crippen LogP contribution is -2.20. The van der Waals surface area contributed by atoms with E-state index in [4.69, 9.17) is 19.6 Å². The zero-order valence-corrected chi connectivity index (χ0v) is 17.0. The molecule has 4 heteroatoms. The van der Waals surface area contributed by atoms with Crippen molar-refractivity contribution >= 4 is 0 Å². The third-order valence-electron chi connectivity index (χ3n) is 3.96. The fraction of sp³-hybridized carbons (Fsp3) is 0.700. The zero-order valence-electron chi connectivity index (χ0n) is 17.0. The molecule has 0 aliphatic rings. The van der Waals surface area contributed by atoms with Gasteiger partial charge in [-0.1, -0.05) is 0 Å². The Balaban J connectivity index is 2.95.